The number of aliphatic carboxylic acids is 1. The maximum atomic E-state index is 13.1. The molecule has 1 spiro atoms. The maximum absolute atomic E-state index is 13.1. The summed E-state index contributed by atoms with van der Waals surface area (Å²) in [4.78, 5) is 28.8. The minimum atomic E-state index is -5.08. The molecule has 1 unspecified atom stereocenters. The van der Waals surface area contributed by atoms with Crippen LogP contribution in [0.2, 0.25) is 0 Å². The van der Waals surface area contributed by atoms with Crippen molar-refractivity contribution in [3.63, 3.8) is 0 Å². The molecule has 4 rings (SSSR count). The van der Waals surface area contributed by atoms with Crippen molar-refractivity contribution < 1.29 is 32.6 Å². The fourth-order valence-electron chi connectivity index (χ4n) is 4.31. The number of anilines is 1. The highest BCUT2D eigenvalue weighted by molar-refractivity contribution is 5.93. The van der Waals surface area contributed by atoms with E-state index in [9.17, 15) is 18.0 Å². The van der Waals surface area contributed by atoms with Gasteiger partial charge in [0.05, 0.1) is 11.6 Å². The average Bonchev–Trinajstić information content (AvgIpc) is 3.12. The van der Waals surface area contributed by atoms with E-state index >= 15 is 0 Å². The van der Waals surface area contributed by atoms with Gasteiger partial charge in [0.2, 0.25) is 5.91 Å². The molecule has 2 fully saturated rings. The third-order valence-electron chi connectivity index (χ3n) is 5.92. The van der Waals surface area contributed by atoms with Crippen molar-refractivity contribution in [2.75, 3.05) is 31.6 Å². The number of aromatic nitrogens is 1. The molecule has 1 aromatic heterocycles. The minimum absolute atomic E-state index is 0.00585. The number of rotatable bonds is 4. The minimum Gasteiger partial charge on any atom is -0.475 e. The van der Waals surface area contributed by atoms with Gasteiger partial charge in [-0.2, -0.15) is 13.2 Å². The molecule has 0 radical (unpaired) electrons. The third-order valence-corrected chi connectivity index (χ3v) is 5.92. The van der Waals surface area contributed by atoms with E-state index in [2.05, 4.69) is 15.2 Å². The number of carboxylic acids is 1. The van der Waals surface area contributed by atoms with E-state index < -0.39 is 12.1 Å². The number of halogens is 3. The van der Waals surface area contributed by atoms with Gasteiger partial charge in [-0.3, -0.25) is 14.7 Å². The molecule has 1 aromatic carbocycles. The predicted octanol–water partition coefficient (Wildman–Crippen LogP) is 3.58. The summed E-state index contributed by atoms with van der Waals surface area (Å²) in [5.41, 5.74) is 1.92. The molecule has 10 heteroatoms. The Labute approximate surface area is 189 Å². The van der Waals surface area contributed by atoms with E-state index in [4.69, 9.17) is 14.6 Å². The molecule has 2 aliphatic heterocycles. The van der Waals surface area contributed by atoms with E-state index in [1.807, 2.05) is 54.7 Å². The SMILES string of the molecule is O=C(Nc1ccccc1)C1CN(Cc2ccccn2)CC12CCOCC2.O=C(O)C(F)(F)F. The number of ether oxygens (including phenoxy) is 1. The monoisotopic (exact) mass is 465 g/mol. The van der Waals surface area contributed by atoms with Gasteiger partial charge in [-0.25, -0.2) is 4.79 Å². The van der Waals surface area contributed by atoms with E-state index in [1.54, 1.807) is 0 Å². The van der Waals surface area contributed by atoms with E-state index in [-0.39, 0.29) is 17.2 Å². The summed E-state index contributed by atoms with van der Waals surface area (Å²) in [5, 5.41) is 10.2. The first-order valence-corrected chi connectivity index (χ1v) is 10.6. The Hall–Kier alpha value is -2.98. The van der Waals surface area contributed by atoms with Crippen LogP contribution in [0.1, 0.15) is 18.5 Å². The van der Waals surface area contributed by atoms with Crippen LogP contribution in [0, 0.1) is 11.3 Å². The van der Waals surface area contributed by atoms with Crippen molar-refractivity contribution in [1.29, 1.82) is 0 Å². The number of hydrogen-bond donors (Lipinski definition) is 2. The molecule has 0 bridgehead atoms. The molecule has 7 nitrogen and oxygen atoms in total. The van der Waals surface area contributed by atoms with Crippen molar-refractivity contribution in [2.24, 2.45) is 11.3 Å². The Morgan fingerprint density at radius 2 is 1.76 bits per heavy atom. The highest BCUT2D eigenvalue weighted by atomic mass is 19.4. The van der Waals surface area contributed by atoms with Gasteiger partial charge in [0.15, 0.2) is 0 Å². The highest BCUT2D eigenvalue weighted by Gasteiger charge is 2.50. The molecule has 1 amide bonds. The Kier molecular flexibility index (Phi) is 8.04. The average molecular weight is 465 g/mol. The normalized spacial score (nSPS) is 20.0. The van der Waals surface area contributed by atoms with Gasteiger partial charge in [0, 0.05) is 50.1 Å². The first-order valence-electron chi connectivity index (χ1n) is 10.6. The number of nitrogens with zero attached hydrogens (tertiary/aromatic N) is 2. The van der Waals surface area contributed by atoms with E-state index in [1.165, 1.54) is 0 Å². The fourth-order valence-corrected chi connectivity index (χ4v) is 4.31. The van der Waals surface area contributed by atoms with Crippen LogP contribution >= 0.6 is 0 Å². The number of para-hydroxylation sites is 1. The Morgan fingerprint density at radius 1 is 1.12 bits per heavy atom. The quantitative estimate of drug-likeness (QED) is 0.717. The number of amides is 1. The second-order valence-electron chi connectivity index (χ2n) is 8.18. The zero-order valence-electron chi connectivity index (χ0n) is 17.9. The molecule has 1 atom stereocenters. The lowest BCUT2D eigenvalue weighted by atomic mass is 9.71. The molecule has 2 aromatic rings. The van der Waals surface area contributed by atoms with Crippen LogP contribution in [0.25, 0.3) is 0 Å². The van der Waals surface area contributed by atoms with Crippen LogP contribution in [0.3, 0.4) is 0 Å². The van der Waals surface area contributed by atoms with Gasteiger partial charge < -0.3 is 15.2 Å². The second-order valence-corrected chi connectivity index (χ2v) is 8.18. The third kappa shape index (κ3) is 6.75. The summed E-state index contributed by atoms with van der Waals surface area (Å²) in [5.74, 6) is -2.65. The number of carbonyl (C=O) groups is 2. The van der Waals surface area contributed by atoms with Gasteiger partial charge in [-0.15, -0.1) is 0 Å². The van der Waals surface area contributed by atoms with Crippen molar-refractivity contribution in [1.82, 2.24) is 9.88 Å². The molecule has 2 aliphatic rings. The van der Waals surface area contributed by atoms with Crippen LogP contribution < -0.4 is 5.32 Å². The van der Waals surface area contributed by atoms with Crippen molar-refractivity contribution in [3.05, 3.63) is 60.4 Å². The largest absolute Gasteiger partial charge is 0.490 e. The van der Waals surface area contributed by atoms with Crippen LogP contribution in [0.5, 0.6) is 0 Å². The fraction of sp³-hybridized carbons (Fsp3) is 0.435. The van der Waals surface area contributed by atoms with Crippen LogP contribution in [0.15, 0.2) is 54.7 Å². The van der Waals surface area contributed by atoms with Gasteiger partial charge >= 0.3 is 12.1 Å². The van der Waals surface area contributed by atoms with Gasteiger partial charge in [-0.05, 0) is 37.1 Å². The second kappa shape index (κ2) is 10.8. The molecule has 178 valence electrons. The van der Waals surface area contributed by atoms with Gasteiger partial charge in [0.1, 0.15) is 0 Å². The Morgan fingerprint density at radius 3 is 2.33 bits per heavy atom. The number of likely N-dealkylation sites (tertiary alicyclic amines) is 1. The summed E-state index contributed by atoms with van der Waals surface area (Å²) in [7, 11) is 0. The summed E-state index contributed by atoms with van der Waals surface area (Å²) in [6.07, 6.45) is -1.37. The number of carbonyl (C=O) groups excluding carboxylic acids is 1. The summed E-state index contributed by atoms with van der Waals surface area (Å²) < 4.78 is 37.3. The molecular formula is C23H26F3N3O4. The van der Waals surface area contributed by atoms with Crippen LogP contribution in [-0.2, 0) is 20.9 Å². The van der Waals surface area contributed by atoms with Gasteiger partial charge in [-0.1, -0.05) is 24.3 Å². The maximum Gasteiger partial charge on any atom is 0.490 e. The Bertz CT molecular complexity index is 920. The molecular weight excluding hydrogens is 439 g/mol. The number of carboxylic acid groups (broad SMARTS) is 1. The van der Waals surface area contributed by atoms with Crippen LogP contribution in [-0.4, -0.2) is 59.3 Å². The number of benzene rings is 1. The molecule has 33 heavy (non-hydrogen) atoms. The Balaban J connectivity index is 0.000000383. The predicted molar refractivity (Wildman–Crippen MR) is 114 cm³/mol. The van der Waals surface area contributed by atoms with Crippen molar-refractivity contribution in [2.45, 2.75) is 25.6 Å². The van der Waals surface area contributed by atoms with Gasteiger partial charge in [0.25, 0.3) is 0 Å². The molecule has 0 aliphatic carbocycles. The number of pyridine rings is 1. The highest BCUT2D eigenvalue weighted by Crippen LogP contribution is 2.45. The molecule has 0 saturated carbocycles. The lowest BCUT2D eigenvalue weighted by Gasteiger charge is -2.37. The van der Waals surface area contributed by atoms with Crippen molar-refractivity contribution >= 4 is 17.6 Å². The zero-order valence-corrected chi connectivity index (χ0v) is 17.9. The van der Waals surface area contributed by atoms with Crippen LogP contribution in [0.4, 0.5) is 18.9 Å². The summed E-state index contributed by atoms with van der Waals surface area (Å²) in [6, 6.07) is 15.7. The van der Waals surface area contributed by atoms with Crippen molar-refractivity contribution in [3.8, 4) is 0 Å². The number of nitrogens with one attached hydrogen (secondary N) is 1. The van der Waals surface area contributed by atoms with E-state index in [0.29, 0.717) is 0 Å². The number of hydrogen-bond acceptors (Lipinski definition) is 5. The molecule has 2 saturated heterocycles. The lowest BCUT2D eigenvalue weighted by Crippen LogP contribution is -2.42. The molecule has 3 heterocycles. The summed E-state index contributed by atoms with van der Waals surface area (Å²) in [6.45, 7) is 3.98. The number of alkyl halides is 3. The first-order chi connectivity index (χ1) is 15.7. The standard InChI is InChI=1S/C21H25N3O2.C2HF3O2/c25-20(23-17-6-2-1-3-7-17)19-15-24(14-18-8-4-5-11-22-18)16-21(19)9-12-26-13-10-21;3-2(4,5)1(6)7/h1-8,11,19H,9-10,12-16H2,(H,23,25);(H,6,7). The zero-order chi connectivity index (χ0) is 23.9. The lowest BCUT2D eigenvalue weighted by molar-refractivity contribution is -0.192. The molecule has 2 N–H and O–H groups in total. The van der Waals surface area contributed by atoms with E-state index in [0.717, 1.165) is 57.1 Å². The smallest absolute Gasteiger partial charge is 0.475 e. The summed E-state index contributed by atoms with van der Waals surface area (Å²) >= 11 is 0. The topological polar surface area (TPSA) is 91.8 Å². The first kappa shape index (κ1) is 24.7.